The maximum Gasteiger partial charge on any atom is 0.161 e. The molecule has 112 valence electrons. The molecule has 4 nitrogen and oxygen atoms in total. The van der Waals surface area contributed by atoms with Crippen LogP contribution in [-0.4, -0.2) is 39.5 Å². The quantitative estimate of drug-likeness (QED) is 0.743. The van der Waals surface area contributed by atoms with Crippen LogP contribution in [0.3, 0.4) is 0 Å². The van der Waals surface area contributed by atoms with Gasteiger partial charge in [0.25, 0.3) is 0 Å². The number of methoxy groups -OCH3 is 1. The average Bonchev–Trinajstić information content (AvgIpc) is 2.52. The van der Waals surface area contributed by atoms with Crippen molar-refractivity contribution < 1.29 is 14.2 Å². The first-order chi connectivity index (χ1) is 9.90. The molecule has 0 spiro atoms. The van der Waals surface area contributed by atoms with Gasteiger partial charge in [0.05, 0.1) is 13.7 Å². The molecule has 1 aliphatic rings. The summed E-state index contributed by atoms with van der Waals surface area (Å²) in [4.78, 5) is 0. The molecule has 1 saturated heterocycles. The lowest BCUT2D eigenvalue weighted by molar-refractivity contribution is 0.0902. The number of nitrogens with one attached hydrogen (secondary N) is 1. The second-order valence-corrected chi connectivity index (χ2v) is 5.05. The van der Waals surface area contributed by atoms with Gasteiger partial charge in [-0.1, -0.05) is 18.6 Å². The standard InChI is InChI=1S/C16H25NO3/c1-18-15-7-2-3-8-16(15)20-13-12-19-11-9-14-6-4-5-10-17-14/h2-3,7-8,14,17H,4-6,9-13H2,1H3. The van der Waals surface area contributed by atoms with Crippen LogP contribution in [0.2, 0.25) is 0 Å². The van der Waals surface area contributed by atoms with Gasteiger partial charge in [-0.3, -0.25) is 0 Å². The van der Waals surface area contributed by atoms with Crippen LogP contribution in [0, 0.1) is 0 Å². The van der Waals surface area contributed by atoms with Crippen molar-refractivity contribution in [3.8, 4) is 11.5 Å². The minimum atomic E-state index is 0.554. The lowest BCUT2D eigenvalue weighted by Crippen LogP contribution is -2.34. The van der Waals surface area contributed by atoms with Crippen molar-refractivity contribution in [2.75, 3.05) is 33.5 Å². The molecule has 4 heteroatoms. The number of hydrogen-bond acceptors (Lipinski definition) is 4. The summed E-state index contributed by atoms with van der Waals surface area (Å²) >= 11 is 0. The summed E-state index contributed by atoms with van der Waals surface area (Å²) in [6.07, 6.45) is 5.02. The van der Waals surface area contributed by atoms with Crippen LogP contribution in [0.4, 0.5) is 0 Å². The van der Waals surface area contributed by atoms with E-state index in [1.54, 1.807) is 7.11 Å². The molecule has 0 bridgehead atoms. The highest BCUT2D eigenvalue weighted by Gasteiger charge is 2.11. The summed E-state index contributed by atoms with van der Waals surface area (Å²) in [6, 6.07) is 8.31. The van der Waals surface area contributed by atoms with Gasteiger partial charge in [0.15, 0.2) is 11.5 Å². The number of piperidine rings is 1. The number of ether oxygens (including phenoxy) is 3. The smallest absolute Gasteiger partial charge is 0.161 e. The van der Waals surface area contributed by atoms with Gasteiger partial charge in [0.1, 0.15) is 6.61 Å². The van der Waals surface area contributed by atoms with Crippen molar-refractivity contribution in [1.29, 1.82) is 0 Å². The first-order valence-electron chi connectivity index (χ1n) is 7.47. The van der Waals surface area contributed by atoms with Crippen molar-refractivity contribution in [3.05, 3.63) is 24.3 Å². The van der Waals surface area contributed by atoms with E-state index in [0.717, 1.165) is 31.1 Å². The zero-order valence-corrected chi connectivity index (χ0v) is 12.3. The van der Waals surface area contributed by atoms with Crippen LogP contribution < -0.4 is 14.8 Å². The first-order valence-corrected chi connectivity index (χ1v) is 7.47. The fourth-order valence-electron chi connectivity index (χ4n) is 2.45. The molecule has 1 aromatic rings. The van der Waals surface area contributed by atoms with Gasteiger partial charge < -0.3 is 19.5 Å². The van der Waals surface area contributed by atoms with Gasteiger partial charge in [-0.05, 0) is 37.9 Å². The van der Waals surface area contributed by atoms with Crippen LogP contribution in [0.5, 0.6) is 11.5 Å². The van der Waals surface area contributed by atoms with Gasteiger partial charge in [-0.2, -0.15) is 0 Å². The molecule has 1 fully saturated rings. The number of hydrogen-bond donors (Lipinski definition) is 1. The third kappa shape index (κ3) is 5.02. The molecule has 1 N–H and O–H groups in total. The SMILES string of the molecule is COc1ccccc1OCCOCCC1CCCCN1. The first kappa shape index (κ1) is 15.1. The number of rotatable bonds is 8. The minimum Gasteiger partial charge on any atom is -0.493 e. The summed E-state index contributed by atoms with van der Waals surface area (Å²) in [7, 11) is 1.65. The van der Waals surface area contributed by atoms with E-state index in [0.29, 0.717) is 19.3 Å². The Labute approximate surface area is 121 Å². The van der Waals surface area contributed by atoms with E-state index in [1.807, 2.05) is 24.3 Å². The Morgan fingerprint density at radius 2 is 1.95 bits per heavy atom. The predicted octanol–water partition coefficient (Wildman–Crippen LogP) is 2.62. The van der Waals surface area contributed by atoms with E-state index in [4.69, 9.17) is 14.2 Å². The second-order valence-electron chi connectivity index (χ2n) is 5.05. The van der Waals surface area contributed by atoms with Crippen molar-refractivity contribution >= 4 is 0 Å². The molecule has 0 aromatic heterocycles. The predicted molar refractivity (Wildman–Crippen MR) is 79.6 cm³/mol. The maximum absolute atomic E-state index is 5.65. The Morgan fingerprint density at radius 1 is 1.10 bits per heavy atom. The molecule has 0 amide bonds. The van der Waals surface area contributed by atoms with Crippen molar-refractivity contribution in [2.24, 2.45) is 0 Å². The number of para-hydroxylation sites is 2. The van der Waals surface area contributed by atoms with E-state index in [9.17, 15) is 0 Å². The Kier molecular flexibility index (Phi) is 6.68. The molecule has 1 unspecified atom stereocenters. The monoisotopic (exact) mass is 279 g/mol. The van der Waals surface area contributed by atoms with Crippen LogP contribution in [0.25, 0.3) is 0 Å². The summed E-state index contributed by atoms with van der Waals surface area (Å²) in [6.45, 7) is 3.12. The lowest BCUT2D eigenvalue weighted by atomic mass is 10.0. The van der Waals surface area contributed by atoms with Crippen LogP contribution in [-0.2, 0) is 4.74 Å². The lowest BCUT2D eigenvalue weighted by Gasteiger charge is -2.23. The summed E-state index contributed by atoms with van der Waals surface area (Å²) in [5.74, 6) is 1.53. The highest BCUT2D eigenvalue weighted by Crippen LogP contribution is 2.25. The van der Waals surface area contributed by atoms with Gasteiger partial charge in [0.2, 0.25) is 0 Å². The van der Waals surface area contributed by atoms with E-state index >= 15 is 0 Å². The third-order valence-electron chi connectivity index (χ3n) is 3.58. The highest BCUT2D eigenvalue weighted by atomic mass is 16.5. The van der Waals surface area contributed by atoms with E-state index < -0.39 is 0 Å². The van der Waals surface area contributed by atoms with E-state index in [2.05, 4.69) is 5.32 Å². The fourth-order valence-corrected chi connectivity index (χ4v) is 2.45. The van der Waals surface area contributed by atoms with E-state index in [1.165, 1.54) is 19.3 Å². The molecule has 0 saturated carbocycles. The summed E-state index contributed by atoms with van der Waals surface area (Å²) < 4.78 is 16.5. The van der Waals surface area contributed by atoms with Gasteiger partial charge in [0, 0.05) is 12.6 Å². The molecule has 1 aliphatic heterocycles. The molecule has 1 atom stereocenters. The summed E-state index contributed by atoms with van der Waals surface area (Å²) in [5.41, 5.74) is 0. The molecule has 20 heavy (non-hydrogen) atoms. The Bertz CT molecular complexity index is 378. The van der Waals surface area contributed by atoms with Crippen molar-refractivity contribution in [2.45, 2.75) is 31.7 Å². The third-order valence-corrected chi connectivity index (χ3v) is 3.58. The molecule has 1 aromatic carbocycles. The minimum absolute atomic E-state index is 0.554. The summed E-state index contributed by atoms with van der Waals surface area (Å²) in [5, 5.41) is 3.52. The highest BCUT2D eigenvalue weighted by molar-refractivity contribution is 5.39. The van der Waals surface area contributed by atoms with Crippen molar-refractivity contribution in [1.82, 2.24) is 5.32 Å². The fraction of sp³-hybridized carbons (Fsp3) is 0.625. The van der Waals surface area contributed by atoms with Crippen LogP contribution in [0.1, 0.15) is 25.7 Å². The molecular weight excluding hydrogens is 254 g/mol. The second kappa shape index (κ2) is 8.82. The largest absolute Gasteiger partial charge is 0.493 e. The normalized spacial score (nSPS) is 18.8. The van der Waals surface area contributed by atoms with Crippen LogP contribution in [0.15, 0.2) is 24.3 Å². The molecule has 0 radical (unpaired) electrons. The van der Waals surface area contributed by atoms with Gasteiger partial charge >= 0.3 is 0 Å². The Morgan fingerprint density at radius 3 is 2.70 bits per heavy atom. The van der Waals surface area contributed by atoms with Crippen LogP contribution >= 0.6 is 0 Å². The zero-order valence-electron chi connectivity index (χ0n) is 12.3. The topological polar surface area (TPSA) is 39.7 Å². The Hall–Kier alpha value is -1.26. The average molecular weight is 279 g/mol. The Balaban J connectivity index is 1.55. The van der Waals surface area contributed by atoms with Crippen molar-refractivity contribution in [3.63, 3.8) is 0 Å². The number of benzene rings is 1. The zero-order chi connectivity index (χ0) is 14.0. The molecule has 2 rings (SSSR count). The maximum atomic E-state index is 5.65. The molecule has 1 heterocycles. The van der Waals surface area contributed by atoms with Gasteiger partial charge in [-0.25, -0.2) is 0 Å². The van der Waals surface area contributed by atoms with E-state index in [-0.39, 0.29) is 0 Å². The molecule has 0 aliphatic carbocycles. The molecular formula is C16H25NO3. The van der Waals surface area contributed by atoms with Gasteiger partial charge in [-0.15, -0.1) is 0 Å².